The Morgan fingerprint density at radius 1 is 1.21 bits per heavy atom. The molecule has 1 aromatic heterocycles. The van der Waals surface area contributed by atoms with Gasteiger partial charge >= 0.3 is 11.8 Å². The molecule has 2 aromatic rings. The molecule has 1 aliphatic heterocycles. The van der Waals surface area contributed by atoms with Crippen molar-refractivity contribution in [1.82, 2.24) is 9.88 Å². The zero-order chi connectivity index (χ0) is 16.5. The summed E-state index contributed by atoms with van der Waals surface area (Å²) in [6, 6.07) is 5.66. The molecule has 2 aliphatic rings. The first-order valence-corrected chi connectivity index (χ1v) is 10.3. The highest BCUT2D eigenvalue weighted by atomic mass is 32.2. The SMILES string of the molecule is O=C(Nc1ccc2nc(C3CC3)sc2c1)C(=O)N1CCCSCC1. The quantitative estimate of drug-likeness (QED) is 0.835. The van der Waals surface area contributed by atoms with Crippen molar-refractivity contribution in [3.05, 3.63) is 23.2 Å². The highest BCUT2D eigenvalue weighted by Crippen LogP contribution is 2.43. The summed E-state index contributed by atoms with van der Waals surface area (Å²) < 4.78 is 1.06. The van der Waals surface area contributed by atoms with Crippen LogP contribution in [0, 0.1) is 0 Å². The van der Waals surface area contributed by atoms with Crippen LogP contribution in [0.3, 0.4) is 0 Å². The van der Waals surface area contributed by atoms with Crippen LogP contribution in [0.4, 0.5) is 5.69 Å². The first kappa shape index (κ1) is 15.9. The molecule has 7 heteroatoms. The third kappa shape index (κ3) is 3.42. The maximum atomic E-state index is 12.3. The molecule has 24 heavy (non-hydrogen) atoms. The highest BCUT2D eigenvalue weighted by molar-refractivity contribution is 7.99. The minimum Gasteiger partial charge on any atom is -0.334 e. The van der Waals surface area contributed by atoms with E-state index >= 15 is 0 Å². The summed E-state index contributed by atoms with van der Waals surface area (Å²) in [5.74, 6) is 1.60. The molecule has 2 heterocycles. The number of fused-ring (bicyclic) bond motifs is 1. The average Bonchev–Trinajstić information content (AvgIpc) is 3.38. The van der Waals surface area contributed by atoms with Gasteiger partial charge in [0.25, 0.3) is 0 Å². The lowest BCUT2D eigenvalue weighted by Gasteiger charge is -2.19. The fourth-order valence-corrected chi connectivity index (χ4v) is 4.87. The van der Waals surface area contributed by atoms with Gasteiger partial charge in [0.15, 0.2) is 0 Å². The van der Waals surface area contributed by atoms with E-state index in [1.807, 2.05) is 30.0 Å². The minimum absolute atomic E-state index is 0.430. The summed E-state index contributed by atoms with van der Waals surface area (Å²) in [7, 11) is 0. The van der Waals surface area contributed by atoms with Gasteiger partial charge in [-0.05, 0) is 43.2 Å². The van der Waals surface area contributed by atoms with Crippen molar-refractivity contribution in [2.75, 3.05) is 29.9 Å². The molecular formula is C17H19N3O2S2. The Bertz CT molecular complexity index is 777. The van der Waals surface area contributed by atoms with E-state index in [1.165, 1.54) is 17.8 Å². The maximum Gasteiger partial charge on any atom is 0.313 e. The second-order valence-corrected chi connectivity index (χ2v) is 8.51. The number of aromatic nitrogens is 1. The van der Waals surface area contributed by atoms with E-state index < -0.39 is 11.8 Å². The van der Waals surface area contributed by atoms with Gasteiger partial charge in [-0.2, -0.15) is 11.8 Å². The van der Waals surface area contributed by atoms with Crippen molar-refractivity contribution >= 4 is 50.8 Å². The van der Waals surface area contributed by atoms with Crippen molar-refractivity contribution in [3.8, 4) is 0 Å². The van der Waals surface area contributed by atoms with Crippen LogP contribution in [0.2, 0.25) is 0 Å². The van der Waals surface area contributed by atoms with E-state index in [0.29, 0.717) is 24.7 Å². The zero-order valence-corrected chi connectivity index (χ0v) is 14.9. The Morgan fingerprint density at radius 2 is 2.08 bits per heavy atom. The first-order chi connectivity index (χ1) is 11.7. The molecule has 4 rings (SSSR count). The maximum absolute atomic E-state index is 12.3. The third-order valence-corrected chi connectivity index (χ3v) is 6.52. The number of rotatable bonds is 2. The molecule has 2 fully saturated rings. The molecule has 2 amide bonds. The van der Waals surface area contributed by atoms with Crippen LogP contribution in [0.5, 0.6) is 0 Å². The third-order valence-electron chi connectivity index (χ3n) is 4.29. The van der Waals surface area contributed by atoms with Gasteiger partial charge in [0.2, 0.25) is 0 Å². The normalized spacial score (nSPS) is 18.4. The van der Waals surface area contributed by atoms with Gasteiger partial charge in [0.1, 0.15) is 0 Å². The second-order valence-electron chi connectivity index (χ2n) is 6.22. The molecule has 1 saturated heterocycles. The summed E-state index contributed by atoms with van der Waals surface area (Å²) in [5, 5.41) is 3.93. The van der Waals surface area contributed by atoms with Gasteiger partial charge in [-0.3, -0.25) is 9.59 Å². The highest BCUT2D eigenvalue weighted by Gasteiger charge is 2.27. The van der Waals surface area contributed by atoms with Gasteiger partial charge in [-0.15, -0.1) is 11.3 Å². The van der Waals surface area contributed by atoms with Crippen LogP contribution in [0.15, 0.2) is 18.2 Å². The lowest BCUT2D eigenvalue weighted by atomic mass is 10.3. The Hall–Kier alpha value is -1.60. The molecule has 1 saturated carbocycles. The Balaban J connectivity index is 1.46. The van der Waals surface area contributed by atoms with Crippen LogP contribution < -0.4 is 5.32 Å². The fourth-order valence-electron chi connectivity index (χ4n) is 2.80. The van der Waals surface area contributed by atoms with Crippen molar-refractivity contribution in [1.29, 1.82) is 0 Å². The van der Waals surface area contributed by atoms with Gasteiger partial charge in [0.05, 0.1) is 15.2 Å². The number of nitrogens with zero attached hydrogens (tertiary/aromatic N) is 2. The van der Waals surface area contributed by atoms with Crippen molar-refractivity contribution < 1.29 is 9.59 Å². The number of hydrogen-bond acceptors (Lipinski definition) is 5. The van der Waals surface area contributed by atoms with E-state index in [0.717, 1.165) is 28.1 Å². The predicted molar refractivity (Wildman–Crippen MR) is 98.7 cm³/mol. The number of benzene rings is 1. The van der Waals surface area contributed by atoms with Crippen LogP contribution in [-0.2, 0) is 9.59 Å². The van der Waals surface area contributed by atoms with E-state index in [4.69, 9.17) is 0 Å². The van der Waals surface area contributed by atoms with Crippen molar-refractivity contribution in [2.45, 2.75) is 25.2 Å². The number of thioether (sulfide) groups is 1. The number of nitrogens with one attached hydrogen (secondary N) is 1. The number of carbonyl (C=O) groups is 2. The van der Waals surface area contributed by atoms with Gasteiger partial charge in [-0.1, -0.05) is 0 Å². The summed E-state index contributed by atoms with van der Waals surface area (Å²) in [6.07, 6.45) is 3.40. The molecule has 1 aromatic carbocycles. The number of hydrogen-bond donors (Lipinski definition) is 1. The van der Waals surface area contributed by atoms with Crippen LogP contribution in [0.25, 0.3) is 10.2 Å². The molecule has 1 N–H and O–H groups in total. The van der Waals surface area contributed by atoms with Gasteiger partial charge in [0, 0.05) is 30.4 Å². The number of thiazole rings is 1. The van der Waals surface area contributed by atoms with E-state index in [-0.39, 0.29) is 0 Å². The van der Waals surface area contributed by atoms with Gasteiger partial charge in [-0.25, -0.2) is 4.98 Å². The standard InChI is InChI=1S/C17H19N3O2S2/c21-15(17(22)20-6-1-8-23-9-7-20)18-12-4-5-13-14(10-12)24-16(19-13)11-2-3-11/h4-5,10-11H,1-3,6-9H2,(H,18,21). The lowest BCUT2D eigenvalue weighted by molar-refractivity contribution is -0.142. The van der Waals surface area contributed by atoms with Crippen LogP contribution >= 0.6 is 23.1 Å². The molecular weight excluding hydrogens is 342 g/mol. The topological polar surface area (TPSA) is 62.3 Å². The van der Waals surface area contributed by atoms with Crippen molar-refractivity contribution in [2.24, 2.45) is 0 Å². The number of amides is 2. The molecule has 0 spiro atoms. The van der Waals surface area contributed by atoms with E-state index in [1.54, 1.807) is 16.2 Å². The number of carbonyl (C=O) groups excluding carboxylic acids is 2. The summed E-state index contributed by atoms with van der Waals surface area (Å²) in [4.78, 5) is 30.9. The molecule has 0 atom stereocenters. The Kier molecular flexibility index (Phi) is 4.45. The number of anilines is 1. The average molecular weight is 361 g/mol. The monoisotopic (exact) mass is 361 g/mol. The molecule has 0 bridgehead atoms. The van der Waals surface area contributed by atoms with Crippen molar-refractivity contribution in [3.63, 3.8) is 0 Å². The van der Waals surface area contributed by atoms with Crippen LogP contribution in [-0.4, -0.2) is 46.3 Å². The molecule has 0 radical (unpaired) electrons. The molecule has 0 unspecified atom stereocenters. The summed E-state index contributed by atoms with van der Waals surface area (Å²) in [5.41, 5.74) is 1.63. The predicted octanol–water partition coefficient (Wildman–Crippen LogP) is 3.08. The second kappa shape index (κ2) is 6.72. The zero-order valence-electron chi connectivity index (χ0n) is 13.3. The first-order valence-electron chi connectivity index (χ1n) is 8.29. The molecule has 5 nitrogen and oxygen atoms in total. The van der Waals surface area contributed by atoms with E-state index in [2.05, 4.69) is 10.3 Å². The molecule has 1 aliphatic carbocycles. The summed E-state index contributed by atoms with van der Waals surface area (Å²) >= 11 is 3.52. The Labute approximate surface area is 148 Å². The fraction of sp³-hybridized carbons (Fsp3) is 0.471. The van der Waals surface area contributed by atoms with Crippen LogP contribution in [0.1, 0.15) is 30.2 Å². The largest absolute Gasteiger partial charge is 0.334 e. The Morgan fingerprint density at radius 3 is 2.92 bits per heavy atom. The summed E-state index contributed by atoms with van der Waals surface area (Å²) in [6.45, 7) is 1.31. The minimum atomic E-state index is -0.548. The molecule has 126 valence electrons. The lowest BCUT2D eigenvalue weighted by Crippen LogP contribution is -2.40. The van der Waals surface area contributed by atoms with E-state index in [9.17, 15) is 9.59 Å². The van der Waals surface area contributed by atoms with Gasteiger partial charge < -0.3 is 10.2 Å². The smallest absolute Gasteiger partial charge is 0.313 e.